The summed E-state index contributed by atoms with van der Waals surface area (Å²) in [5.41, 5.74) is -1.62. The molecule has 1 rings (SSSR count). The second-order valence-electron chi connectivity index (χ2n) is 2.85. The Kier molecular flexibility index (Phi) is 2.99. The third kappa shape index (κ3) is 2.47. The number of hydrogen-bond acceptors (Lipinski definition) is 2. The summed E-state index contributed by atoms with van der Waals surface area (Å²) >= 11 is 0. The van der Waals surface area contributed by atoms with Crippen LogP contribution in [0.4, 0.5) is 18.9 Å². The summed E-state index contributed by atoms with van der Waals surface area (Å²) in [5, 5.41) is 9.10. The summed E-state index contributed by atoms with van der Waals surface area (Å²) in [7, 11) is 0. The predicted octanol–water partition coefficient (Wildman–Crippen LogP) is 2.45. The standard InChI is InChI=1S/C9H8F3NO2/c1-6(14)13(15)8-5-3-2-4-7(8)9(10,11)12/h2-5,15H,1H3. The number of amides is 1. The van der Waals surface area contributed by atoms with E-state index in [1.54, 1.807) is 0 Å². The quantitative estimate of drug-likeness (QED) is 0.582. The molecule has 0 atom stereocenters. The molecule has 0 fully saturated rings. The molecule has 1 N–H and O–H groups in total. The molecule has 82 valence electrons. The highest BCUT2D eigenvalue weighted by molar-refractivity contribution is 5.89. The molecule has 0 unspecified atom stereocenters. The monoisotopic (exact) mass is 219 g/mol. The first kappa shape index (κ1) is 11.5. The molecule has 0 radical (unpaired) electrons. The molecule has 0 aromatic heterocycles. The van der Waals surface area contributed by atoms with Crippen LogP contribution in [0.5, 0.6) is 0 Å². The minimum atomic E-state index is -4.60. The predicted molar refractivity (Wildman–Crippen MR) is 46.4 cm³/mol. The molecule has 0 aliphatic rings. The van der Waals surface area contributed by atoms with Crippen molar-refractivity contribution in [1.29, 1.82) is 0 Å². The number of alkyl halides is 3. The maximum Gasteiger partial charge on any atom is 0.418 e. The average molecular weight is 219 g/mol. The van der Waals surface area contributed by atoms with Crippen LogP contribution in [-0.4, -0.2) is 11.1 Å². The van der Waals surface area contributed by atoms with Gasteiger partial charge in [0.25, 0.3) is 0 Å². The van der Waals surface area contributed by atoms with E-state index in [4.69, 9.17) is 5.21 Å². The van der Waals surface area contributed by atoms with Gasteiger partial charge in [-0.15, -0.1) is 0 Å². The Morgan fingerprint density at radius 2 is 1.87 bits per heavy atom. The number of para-hydroxylation sites is 1. The SMILES string of the molecule is CC(=O)N(O)c1ccccc1C(F)(F)F. The first-order chi connectivity index (χ1) is 6.84. The Labute approximate surface area is 83.7 Å². The number of nitrogens with zero attached hydrogens (tertiary/aromatic N) is 1. The lowest BCUT2D eigenvalue weighted by molar-refractivity contribution is -0.137. The summed E-state index contributed by atoms with van der Waals surface area (Å²) in [6, 6.07) is 4.29. The van der Waals surface area contributed by atoms with Gasteiger partial charge in [-0.2, -0.15) is 18.2 Å². The normalized spacial score (nSPS) is 11.3. The van der Waals surface area contributed by atoms with E-state index in [1.165, 1.54) is 12.1 Å². The summed E-state index contributed by atoms with van der Waals surface area (Å²) < 4.78 is 37.3. The molecular weight excluding hydrogens is 211 g/mol. The topological polar surface area (TPSA) is 40.5 Å². The minimum absolute atomic E-state index is 0.0250. The number of carbonyl (C=O) groups is 1. The maximum atomic E-state index is 12.4. The van der Waals surface area contributed by atoms with Gasteiger partial charge in [-0.1, -0.05) is 12.1 Å². The summed E-state index contributed by atoms with van der Waals surface area (Å²) in [6.07, 6.45) is -4.60. The summed E-state index contributed by atoms with van der Waals surface area (Å²) in [5.74, 6) is -0.883. The number of rotatable bonds is 1. The van der Waals surface area contributed by atoms with Crippen LogP contribution < -0.4 is 5.06 Å². The van der Waals surface area contributed by atoms with Crippen molar-refractivity contribution >= 4 is 11.6 Å². The van der Waals surface area contributed by atoms with Crippen molar-refractivity contribution in [1.82, 2.24) is 0 Å². The van der Waals surface area contributed by atoms with Crippen LogP contribution in [-0.2, 0) is 11.0 Å². The fourth-order valence-electron chi connectivity index (χ4n) is 1.07. The van der Waals surface area contributed by atoms with Gasteiger partial charge >= 0.3 is 6.18 Å². The molecule has 0 heterocycles. The number of hydroxylamine groups is 1. The number of carbonyl (C=O) groups excluding carboxylic acids is 1. The maximum absolute atomic E-state index is 12.4. The first-order valence-electron chi connectivity index (χ1n) is 4.00. The van der Waals surface area contributed by atoms with Crippen LogP contribution in [0.1, 0.15) is 12.5 Å². The average Bonchev–Trinajstić information content (AvgIpc) is 2.15. The van der Waals surface area contributed by atoms with E-state index < -0.39 is 23.3 Å². The Balaban J connectivity index is 3.24. The number of benzene rings is 1. The van der Waals surface area contributed by atoms with Crippen LogP contribution >= 0.6 is 0 Å². The largest absolute Gasteiger partial charge is 0.418 e. The highest BCUT2D eigenvalue weighted by Gasteiger charge is 2.35. The molecule has 0 aliphatic carbocycles. The molecule has 15 heavy (non-hydrogen) atoms. The number of hydrogen-bond donors (Lipinski definition) is 1. The molecular formula is C9H8F3NO2. The third-order valence-corrected chi connectivity index (χ3v) is 1.74. The molecule has 0 aliphatic heterocycles. The van der Waals surface area contributed by atoms with Gasteiger partial charge in [0.05, 0.1) is 11.3 Å². The van der Waals surface area contributed by atoms with E-state index in [1.807, 2.05) is 0 Å². The summed E-state index contributed by atoms with van der Waals surface area (Å²) in [6.45, 7) is 0.965. The lowest BCUT2D eigenvalue weighted by Crippen LogP contribution is -2.26. The lowest BCUT2D eigenvalue weighted by atomic mass is 10.1. The van der Waals surface area contributed by atoms with Gasteiger partial charge in [-0.3, -0.25) is 10.0 Å². The van der Waals surface area contributed by atoms with Gasteiger partial charge in [0, 0.05) is 6.92 Å². The molecule has 0 saturated heterocycles. The highest BCUT2D eigenvalue weighted by Crippen LogP contribution is 2.35. The molecule has 1 amide bonds. The fraction of sp³-hybridized carbons (Fsp3) is 0.222. The first-order valence-corrected chi connectivity index (χ1v) is 4.00. The molecule has 0 spiro atoms. The van der Waals surface area contributed by atoms with E-state index in [-0.39, 0.29) is 5.06 Å². The van der Waals surface area contributed by atoms with E-state index >= 15 is 0 Å². The second kappa shape index (κ2) is 3.90. The Bertz CT molecular complexity index is 376. The zero-order valence-corrected chi connectivity index (χ0v) is 7.75. The molecule has 0 saturated carbocycles. The Morgan fingerprint density at radius 3 is 2.33 bits per heavy atom. The molecule has 0 bridgehead atoms. The minimum Gasteiger partial charge on any atom is -0.281 e. The van der Waals surface area contributed by atoms with E-state index in [0.29, 0.717) is 0 Å². The Morgan fingerprint density at radius 1 is 1.33 bits per heavy atom. The van der Waals surface area contributed by atoms with Crippen molar-refractivity contribution in [3.05, 3.63) is 29.8 Å². The van der Waals surface area contributed by atoms with Crippen LogP contribution in [0.15, 0.2) is 24.3 Å². The second-order valence-corrected chi connectivity index (χ2v) is 2.85. The smallest absolute Gasteiger partial charge is 0.281 e. The van der Waals surface area contributed by atoms with Crippen molar-refractivity contribution < 1.29 is 23.2 Å². The van der Waals surface area contributed by atoms with E-state index in [0.717, 1.165) is 19.1 Å². The van der Waals surface area contributed by atoms with Gasteiger partial charge in [0.15, 0.2) is 0 Å². The fourth-order valence-corrected chi connectivity index (χ4v) is 1.07. The zero-order chi connectivity index (χ0) is 11.6. The van der Waals surface area contributed by atoms with E-state index in [2.05, 4.69) is 0 Å². The van der Waals surface area contributed by atoms with Crippen molar-refractivity contribution in [3.8, 4) is 0 Å². The van der Waals surface area contributed by atoms with Gasteiger partial charge in [0.2, 0.25) is 5.91 Å². The lowest BCUT2D eigenvalue weighted by Gasteiger charge is -2.18. The molecule has 1 aromatic rings. The molecule has 3 nitrogen and oxygen atoms in total. The van der Waals surface area contributed by atoms with Gasteiger partial charge in [-0.05, 0) is 12.1 Å². The van der Waals surface area contributed by atoms with Crippen LogP contribution in [0.25, 0.3) is 0 Å². The van der Waals surface area contributed by atoms with Crippen LogP contribution in [0.3, 0.4) is 0 Å². The van der Waals surface area contributed by atoms with Gasteiger partial charge in [-0.25, -0.2) is 0 Å². The Hall–Kier alpha value is -1.56. The molecule has 6 heteroatoms. The van der Waals surface area contributed by atoms with Gasteiger partial charge in [0.1, 0.15) is 0 Å². The molecule has 1 aromatic carbocycles. The van der Waals surface area contributed by atoms with Crippen molar-refractivity contribution in [2.24, 2.45) is 0 Å². The third-order valence-electron chi connectivity index (χ3n) is 1.74. The summed E-state index contributed by atoms with van der Waals surface area (Å²) in [4.78, 5) is 10.7. The highest BCUT2D eigenvalue weighted by atomic mass is 19.4. The zero-order valence-electron chi connectivity index (χ0n) is 7.75. The van der Waals surface area contributed by atoms with Crippen LogP contribution in [0.2, 0.25) is 0 Å². The number of halogens is 3. The van der Waals surface area contributed by atoms with E-state index in [9.17, 15) is 18.0 Å². The van der Waals surface area contributed by atoms with Crippen molar-refractivity contribution in [3.63, 3.8) is 0 Å². The van der Waals surface area contributed by atoms with Gasteiger partial charge < -0.3 is 0 Å². The van der Waals surface area contributed by atoms with Crippen molar-refractivity contribution in [2.45, 2.75) is 13.1 Å². The van der Waals surface area contributed by atoms with Crippen molar-refractivity contribution in [2.75, 3.05) is 5.06 Å². The van der Waals surface area contributed by atoms with Crippen LogP contribution in [0, 0.1) is 0 Å². The number of anilines is 1.